The maximum atomic E-state index is 12.8. The molecular formula is C26H34O4S. The highest BCUT2D eigenvalue weighted by Crippen LogP contribution is 2.64. The second-order valence-corrected chi connectivity index (χ2v) is 12.5. The standard InChI is InChI=1S/C26H34O4S/c1-17-4-7-20(8-5-17)31(28,29)30-19-12-14-25(2)18(16-19)6-9-21-22-10-11-24(27)26(22,3)15-13-23(21)25/h4-8,19,21-23H,9-16H2,1-3H3/t19?,21-,22-,23+,25-,26-/m0/s1. The predicted octanol–water partition coefficient (Wildman–Crippen LogP) is 5.60. The fourth-order valence-corrected chi connectivity index (χ4v) is 8.52. The normalized spacial score (nSPS) is 40.0. The van der Waals surface area contributed by atoms with E-state index in [4.69, 9.17) is 4.18 Å². The first-order chi connectivity index (χ1) is 14.6. The Morgan fingerprint density at radius 3 is 2.39 bits per heavy atom. The fraction of sp³-hybridized carbons (Fsp3) is 0.654. The van der Waals surface area contributed by atoms with E-state index in [2.05, 4.69) is 19.9 Å². The lowest BCUT2D eigenvalue weighted by Gasteiger charge is -2.56. The highest BCUT2D eigenvalue weighted by atomic mass is 32.2. The van der Waals surface area contributed by atoms with Gasteiger partial charge in [0, 0.05) is 11.8 Å². The molecule has 1 unspecified atom stereocenters. The van der Waals surface area contributed by atoms with Crippen molar-refractivity contribution in [2.45, 2.75) is 83.1 Å². The second-order valence-electron chi connectivity index (χ2n) is 10.9. The van der Waals surface area contributed by atoms with Crippen molar-refractivity contribution in [3.8, 4) is 0 Å². The second kappa shape index (κ2) is 7.28. The molecule has 5 rings (SSSR count). The minimum Gasteiger partial charge on any atom is -0.299 e. The third kappa shape index (κ3) is 3.34. The molecule has 4 aliphatic carbocycles. The quantitative estimate of drug-likeness (QED) is 0.451. The zero-order valence-corrected chi connectivity index (χ0v) is 19.7. The Balaban J connectivity index is 1.34. The van der Waals surface area contributed by atoms with Gasteiger partial charge in [-0.05, 0) is 87.2 Å². The van der Waals surface area contributed by atoms with Crippen LogP contribution in [0.3, 0.4) is 0 Å². The molecule has 0 spiro atoms. The van der Waals surface area contributed by atoms with Crippen LogP contribution in [0.2, 0.25) is 0 Å². The number of fused-ring (bicyclic) bond motifs is 5. The van der Waals surface area contributed by atoms with E-state index in [1.807, 2.05) is 19.1 Å². The molecule has 1 aromatic rings. The van der Waals surface area contributed by atoms with Gasteiger partial charge in [0.05, 0.1) is 11.0 Å². The highest BCUT2D eigenvalue weighted by Gasteiger charge is 2.58. The Hall–Kier alpha value is -1.46. The Morgan fingerprint density at radius 1 is 0.968 bits per heavy atom. The maximum Gasteiger partial charge on any atom is 0.297 e. The summed E-state index contributed by atoms with van der Waals surface area (Å²) < 4.78 is 31.3. The molecule has 4 aliphatic rings. The van der Waals surface area contributed by atoms with Crippen molar-refractivity contribution >= 4 is 15.9 Å². The van der Waals surface area contributed by atoms with Crippen molar-refractivity contribution in [2.75, 3.05) is 0 Å². The van der Waals surface area contributed by atoms with Crippen LogP contribution in [0.15, 0.2) is 40.8 Å². The van der Waals surface area contributed by atoms with Crippen LogP contribution in [0.5, 0.6) is 0 Å². The first kappa shape index (κ1) is 21.4. The third-order valence-corrected chi connectivity index (χ3v) is 10.7. The summed E-state index contributed by atoms with van der Waals surface area (Å²) in [5.41, 5.74) is 2.42. The monoisotopic (exact) mass is 442 g/mol. The number of hydrogen-bond donors (Lipinski definition) is 0. The molecule has 0 radical (unpaired) electrons. The molecule has 0 amide bonds. The molecule has 5 heteroatoms. The molecule has 3 fully saturated rings. The van der Waals surface area contributed by atoms with Gasteiger partial charge in [0.15, 0.2) is 0 Å². The van der Waals surface area contributed by atoms with Crippen molar-refractivity contribution in [3.05, 3.63) is 41.5 Å². The molecule has 1 aromatic carbocycles. The van der Waals surface area contributed by atoms with Gasteiger partial charge in [-0.2, -0.15) is 8.42 Å². The number of rotatable bonds is 3. The Labute approximate surface area is 186 Å². The highest BCUT2D eigenvalue weighted by molar-refractivity contribution is 7.86. The van der Waals surface area contributed by atoms with Gasteiger partial charge in [-0.1, -0.05) is 43.2 Å². The Kier molecular flexibility index (Phi) is 5.02. The van der Waals surface area contributed by atoms with Crippen LogP contribution < -0.4 is 0 Å². The maximum absolute atomic E-state index is 12.8. The van der Waals surface area contributed by atoms with E-state index < -0.39 is 10.1 Å². The van der Waals surface area contributed by atoms with Gasteiger partial charge in [0.25, 0.3) is 10.1 Å². The van der Waals surface area contributed by atoms with Crippen LogP contribution in [0.4, 0.5) is 0 Å². The van der Waals surface area contributed by atoms with Crippen molar-refractivity contribution in [1.82, 2.24) is 0 Å². The first-order valence-corrected chi connectivity index (χ1v) is 13.3. The van der Waals surface area contributed by atoms with E-state index in [-0.39, 0.29) is 21.8 Å². The third-order valence-electron chi connectivity index (χ3n) is 9.34. The van der Waals surface area contributed by atoms with E-state index in [9.17, 15) is 13.2 Å². The van der Waals surface area contributed by atoms with Crippen LogP contribution in [0.25, 0.3) is 0 Å². The number of allylic oxidation sites excluding steroid dienone is 1. The SMILES string of the molecule is Cc1ccc(S(=O)(=O)OC2CC[C@@]3(C)C(=CC[C@@H]4[C@H]3CC[C@]3(C)C(=O)CC[C@@H]43)C2)cc1. The Morgan fingerprint density at radius 2 is 1.65 bits per heavy atom. The molecule has 0 aromatic heterocycles. The first-order valence-electron chi connectivity index (χ1n) is 11.9. The van der Waals surface area contributed by atoms with Gasteiger partial charge in [-0.15, -0.1) is 0 Å². The van der Waals surface area contributed by atoms with E-state index in [0.29, 0.717) is 30.0 Å². The van der Waals surface area contributed by atoms with Crippen molar-refractivity contribution in [2.24, 2.45) is 28.6 Å². The van der Waals surface area contributed by atoms with Crippen molar-refractivity contribution < 1.29 is 17.4 Å². The molecule has 168 valence electrons. The molecule has 0 aliphatic heterocycles. The number of ketones is 1. The lowest BCUT2D eigenvalue weighted by Crippen LogP contribution is -2.50. The number of carbonyl (C=O) groups excluding carboxylic acids is 1. The summed E-state index contributed by atoms with van der Waals surface area (Å²) >= 11 is 0. The molecule has 3 saturated carbocycles. The lowest BCUT2D eigenvalue weighted by molar-refractivity contribution is -0.131. The topological polar surface area (TPSA) is 60.4 Å². The molecule has 0 heterocycles. The number of hydrogen-bond acceptors (Lipinski definition) is 4. The van der Waals surface area contributed by atoms with Crippen LogP contribution in [0, 0.1) is 35.5 Å². The number of benzene rings is 1. The van der Waals surface area contributed by atoms with Crippen LogP contribution >= 0.6 is 0 Å². The van der Waals surface area contributed by atoms with Crippen LogP contribution in [0.1, 0.15) is 70.8 Å². The summed E-state index contributed by atoms with van der Waals surface area (Å²) in [5.74, 6) is 2.19. The molecule has 6 atom stereocenters. The average molecular weight is 443 g/mol. The largest absolute Gasteiger partial charge is 0.299 e. The number of Topliss-reactive ketones (excluding diaryl/α,β-unsaturated/α-hetero) is 1. The molecular weight excluding hydrogens is 408 g/mol. The summed E-state index contributed by atoms with van der Waals surface area (Å²) in [5, 5.41) is 0. The predicted molar refractivity (Wildman–Crippen MR) is 120 cm³/mol. The van der Waals surface area contributed by atoms with Gasteiger partial charge in [0.1, 0.15) is 5.78 Å². The molecule has 4 nitrogen and oxygen atoms in total. The van der Waals surface area contributed by atoms with Crippen molar-refractivity contribution in [1.29, 1.82) is 0 Å². The fourth-order valence-electron chi connectivity index (χ4n) is 7.42. The number of carbonyl (C=O) groups is 1. The van der Waals surface area contributed by atoms with E-state index in [0.717, 1.165) is 50.5 Å². The Bertz CT molecular complexity index is 1020. The summed E-state index contributed by atoms with van der Waals surface area (Å²) in [6.45, 7) is 6.54. The molecule has 31 heavy (non-hydrogen) atoms. The van der Waals surface area contributed by atoms with Crippen LogP contribution in [-0.4, -0.2) is 20.3 Å². The minimum absolute atomic E-state index is 0.106. The van der Waals surface area contributed by atoms with Gasteiger partial charge < -0.3 is 0 Å². The summed E-state index contributed by atoms with van der Waals surface area (Å²) in [6.07, 6.45) is 9.49. The molecule has 0 N–H and O–H groups in total. The minimum atomic E-state index is -3.75. The van der Waals surface area contributed by atoms with E-state index >= 15 is 0 Å². The van der Waals surface area contributed by atoms with Crippen LogP contribution in [-0.2, 0) is 19.1 Å². The lowest BCUT2D eigenvalue weighted by atomic mass is 9.48. The smallest absolute Gasteiger partial charge is 0.297 e. The van der Waals surface area contributed by atoms with Gasteiger partial charge in [0.2, 0.25) is 0 Å². The van der Waals surface area contributed by atoms with E-state index in [1.165, 1.54) is 5.57 Å². The molecule has 0 saturated heterocycles. The zero-order valence-electron chi connectivity index (χ0n) is 18.9. The zero-order chi connectivity index (χ0) is 22.0. The van der Waals surface area contributed by atoms with Gasteiger partial charge in [-0.25, -0.2) is 0 Å². The summed E-state index contributed by atoms with van der Waals surface area (Å²) in [4.78, 5) is 12.8. The summed E-state index contributed by atoms with van der Waals surface area (Å²) in [7, 11) is -3.75. The van der Waals surface area contributed by atoms with Gasteiger partial charge >= 0.3 is 0 Å². The van der Waals surface area contributed by atoms with Crippen molar-refractivity contribution in [3.63, 3.8) is 0 Å². The average Bonchev–Trinajstić information content (AvgIpc) is 3.03. The molecule has 0 bridgehead atoms. The number of aryl methyl sites for hydroxylation is 1. The van der Waals surface area contributed by atoms with E-state index in [1.54, 1.807) is 12.1 Å². The van der Waals surface area contributed by atoms with Gasteiger partial charge in [-0.3, -0.25) is 8.98 Å². The summed E-state index contributed by atoms with van der Waals surface area (Å²) in [6, 6.07) is 6.87.